The van der Waals surface area contributed by atoms with Crippen LogP contribution in [-0.4, -0.2) is 18.8 Å². The molecule has 3 aromatic rings. The van der Waals surface area contributed by atoms with E-state index in [9.17, 15) is 0 Å². The van der Waals surface area contributed by atoms with Gasteiger partial charge in [-0.05, 0) is 61.2 Å². The first kappa shape index (κ1) is 18.0. The Balaban J connectivity index is 1.95. The molecule has 140 valence electrons. The lowest BCUT2D eigenvalue weighted by Crippen LogP contribution is -2.19. The number of benzene rings is 2. The van der Waals surface area contributed by atoms with Gasteiger partial charge in [-0.15, -0.1) is 0 Å². The van der Waals surface area contributed by atoms with Gasteiger partial charge in [0, 0.05) is 33.6 Å². The number of hydrogen-bond acceptors (Lipinski definition) is 2. The third kappa shape index (κ3) is 2.90. The second kappa shape index (κ2) is 6.97. The Morgan fingerprint density at radius 3 is 2.44 bits per heavy atom. The van der Waals surface area contributed by atoms with E-state index in [4.69, 9.17) is 21.1 Å². The van der Waals surface area contributed by atoms with Gasteiger partial charge in [0.2, 0.25) is 0 Å². The molecule has 4 rings (SSSR count). The highest BCUT2D eigenvalue weighted by molar-refractivity contribution is 6.30. The van der Waals surface area contributed by atoms with E-state index in [1.54, 1.807) is 14.2 Å². The summed E-state index contributed by atoms with van der Waals surface area (Å²) < 4.78 is 13.6. The van der Waals surface area contributed by atoms with Crippen LogP contribution in [-0.2, 0) is 6.42 Å². The lowest BCUT2D eigenvalue weighted by Gasteiger charge is -2.30. The van der Waals surface area contributed by atoms with E-state index in [1.165, 1.54) is 28.1 Å². The standard InChI is InChI=1S/C23H24ClNO2/c1-5-18-10-16-11-22(26-3)23(27-4)13-20(16)21-12-19(14(2)25(18)21)15-7-6-8-17(24)9-15/h6-9,11-13,18H,5,10H2,1-4H3. The van der Waals surface area contributed by atoms with Crippen LogP contribution >= 0.6 is 11.6 Å². The summed E-state index contributed by atoms with van der Waals surface area (Å²) in [5.41, 5.74) is 7.42. The minimum absolute atomic E-state index is 0.429. The zero-order chi connectivity index (χ0) is 19.1. The molecular weight excluding hydrogens is 358 g/mol. The lowest BCUT2D eigenvalue weighted by molar-refractivity contribution is 0.353. The van der Waals surface area contributed by atoms with E-state index in [1.807, 2.05) is 18.2 Å². The summed E-state index contributed by atoms with van der Waals surface area (Å²) in [6.45, 7) is 4.45. The van der Waals surface area contributed by atoms with Crippen LogP contribution in [0.5, 0.6) is 11.5 Å². The van der Waals surface area contributed by atoms with Crippen molar-refractivity contribution in [1.29, 1.82) is 0 Å². The largest absolute Gasteiger partial charge is 0.493 e. The molecule has 0 saturated heterocycles. The van der Waals surface area contributed by atoms with Crippen LogP contribution in [0.2, 0.25) is 5.02 Å². The third-order valence-electron chi connectivity index (χ3n) is 5.60. The molecule has 0 bridgehead atoms. The molecule has 0 N–H and O–H groups in total. The van der Waals surface area contributed by atoms with Crippen molar-refractivity contribution >= 4 is 11.6 Å². The first-order valence-electron chi connectivity index (χ1n) is 9.30. The number of nitrogens with zero attached hydrogens (tertiary/aromatic N) is 1. The van der Waals surface area contributed by atoms with E-state index >= 15 is 0 Å². The van der Waals surface area contributed by atoms with E-state index in [-0.39, 0.29) is 0 Å². The fourth-order valence-corrected chi connectivity index (χ4v) is 4.44. The minimum atomic E-state index is 0.429. The van der Waals surface area contributed by atoms with Crippen molar-refractivity contribution < 1.29 is 9.47 Å². The van der Waals surface area contributed by atoms with Gasteiger partial charge in [0.05, 0.1) is 14.2 Å². The van der Waals surface area contributed by atoms with E-state index < -0.39 is 0 Å². The van der Waals surface area contributed by atoms with Crippen molar-refractivity contribution in [3.8, 4) is 33.9 Å². The van der Waals surface area contributed by atoms with Crippen molar-refractivity contribution in [2.24, 2.45) is 0 Å². The van der Waals surface area contributed by atoms with Crippen molar-refractivity contribution in [3.63, 3.8) is 0 Å². The van der Waals surface area contributed by atoms with Crippen LogP contribution in [0.4, 0.5) is 0 Å². The molecule has 1 aromatic heterocycles. The average molecular weight is 382 g/mol. The van der Waals surface area contributed by atoms with Gasteiger partial charge in [0.25, 0.3) is 0 Å². The summed E-state index contributed by atoms with van der Waals surface area (Å²) in [6, 6.07) is 15.0. The minimum Gasteiger partial charge on any atom is -0.493 e. The summed E-state index contributed by atoms with van der Waals surface area (Å²) in [5.74, 6) is 1.55. The molecule has 0 radical (unpaired) electrons. The van der Waals surface area contributed by atoms with Crippen molar-refractivity contribution in [1.82, 2.24) is 4.57 Å². The Kier molecular flexibility index (Phi) is 4.65. The molecule has 1 unspecified atom stereocenters. The molecule has 4 heteroatoms. The fraction of sp³-hybridized carbons (Fsp3) is 0.304. The molecule has 0 amide bonds. The molecule has 0 aliphatic carbocycles. The van der Waals surface area contributed by atoms with Gasteiger partial charge in [-0.25, -0.2) is 0 Å². The van der Waals surface area contributed by atoms with Crippen LogP contribution in [0, 0.1) is 6.92 Å². The van der Waals surface area contributed by atoms with Crippen LogP contribution in [0.1, 0.15) is 30.6 Å². The number of rotatable bonds is 4. The average Bonchev–Trinajstić information content (AvgIpc) is 3.04. The molecule has 27 heavy (non-hydrogen) atoms. The third-order valence-corrected chi connectivity index (χ3v) is 5.84. The normalized spacial score (nSPS) is 15.2. The summed E-state index contributed by atoms with van der Waals surface area (Å²) in [6.07, 6.45) is 2.06. The Bertz CT molecular complexity index is 1010. The maximum atomic E-state index is 6.25. The monoisotopic (exact) mass is 381 g/mol. The zero-order valence-electron chi connectivity index (χ0n) is 16.2. The number of ether oxygens (including phenoxy) is 2. The SMILES string of the molecule is CCC1Cc2cc(OC)c(OC)cc2-c2cc(-c3cccc(Cl)c3)c(C)n21. The lowest BCUT2D eigenvalue weighted by atomic mass is 9.92. The van der Waals surface area contributed by atoms with Gasteiger partial charge in [0.15, 0.2) is 11.5 Å². The van der Waals surface area contributed by atoms with E-state index in [0.717, 1.165) is 34.9 Å². The molecular formula is C23H24ClNO2. The summed E-state index contributed by atoms with van der Waals surface area (Å²) in [5, 5.41) is 0.759. The highest BCUT2D eigenvalue weighted by Crippen LogP contribution is 2.45. The quantitative estimate of drug-likeness (QED) is 0.528. The first-order valence-corrected chi connectivity index (χ1v) is 9.68. The van der Waals surface area contributed by atoms with Gasteiger partial charge in [0.1, 0.15) is 0 Å². The zero-order valence-corrected chi connectivity index (χ0v) is 16.9. The summed E-state index contributed by atoms with van der Waals surface area (Å²) in [4.78, 5) is 0. The number of methoxy groups -OCH3 is 2. The molecule has 1 aliphatic rings. The van der Waals surface area contributed by atoms with Gasteiger partial charge in [-0.1, -0.05) is 30.7 Å². The number of fused-ring (bicyclic) bond motifs is 3. The Labute approximate surface area is 165 Å². The van der Waals surface area contributed by atoms with Crippen LogP contribution in [0.15, 0.2) is 42.5 Å². The Morgan fingerprint density at radius 2 is 1.78 bits per heavy atom. The highest BCUT2D eigenvalue weighted by Gasteiger charge is 2.28. The van der Waals surface area contributed by atoms with Gasteiger partial charge < -0.3 is 14.0 Å². The molecule has 2 aromatic carbocycles. The predicted molar refractivity (Wildman–Crippen MR) is 111 cm³/mol. The number of halogens is 1. The summed E-state index contributed by atoms with van der Waals surface area (Å²) in [7, 11) is 3.37. The predicted octanol–water partition coefficient (Wildman–Crippen LogP) is 6.31. The number of hydrogen-bond donors (Lipinski definition) is 0. The van der Waals surface area contributed by atoms with Crippen LogP contribution in [0.25, 0.3) is 22.4 Å². The highest BCUT2D eigenvalue weighted by atomic mass is 35.5. The van der Waals surface area contributed by atoms with Crippen molar-refractivity contribution in [2.45, 2.75) is 32.7 Å². The smallest absolute Gasteiger partial charge is 0.161 e. The van der Waals surface area contributed by atoms with Gasteiger partial charge in [-0.2, -0.15) is 0 Å². The topological polar surface area (TPSA) is 23.4 Å². The van der Waals surface area contributed by atoms with Crippen LogP contribution in [0.3, 0.4) is 0 Å². The van der Waals surface area contributed by atoms with Crippen molar-refractivity contribution in [3.05, 3.63) is 58.7 Å². The maximum absolute atomic E-state index is 6.25. The molecule has 0 fully saturated rings. The fourth-order valence-electron chi connectivity index (χ4n) is 4.25. The van der Waals surface area contributed by atoms with Gasteiger partial charge >= 0.3 is 0 Å². The van der Waals surface area contributed by atoms with E-state index in [0.29, 0.717) is 6.04 Å². The molecule has 3 nitrogen and oxygen atoms in total. The first-order chi connectivity index (χ1) is 13.1. The maximum Gasteiger partial charge on any atom is 0.161 e. The van der Waals surface area contributed by atoms with Crippen LogP contribution < -0.4 is 9.47 Å². The second-order valence-electron chi connectivity index (χ2n) is 7.04. The molecule has 0 saturated carbocycles. The van der Waals surface area contributed by atoms with Gasteiger partial charge in [-0.3, -0.25) is 0 Å². The molecule has 2 heterocycles. The Hall–Kier alpha value is -2.39. The molecule has 0 spiro atoms. The molecule has 1 atom stereocenters. The van der Waals surface area contributed by atoms with E-state index in [2.05, 4.69) is 42.7 Å². The van der Waals surface area contributed by atoms with Crippen molar-refractivity contribution in [2.75, 3.05) is 14.2 Å². The number of aromatic nitrogens is 1. The second-order valence-corrected chi connectivity index (χ2v) is 7.48. The Morgan fingerprint density at radius 1 is 1.04 bits per heavy atom. The molecule has 1 aliphatic heterocycles. The summed E-state index contributed by atoms with van der Waals surface area (Å²) >= 11 is 6.25.